The van der Waals surface area contributed by atoms with Gasteiger partial charge in [-0.05, 0) is 62.8 Å². The number of aromatic nitrogens is 3. The zero-order chi connectivity index (χ0) is 19.1. The fourth-order valence-electron chi connectivity index (χ4n) is 4.41. The van der Waals surface area contributed by atoms with Gasteiger partial charge in [-0.1, -0.05) is 5.16 Å². The van der Waals surface area contributed by atoms with Crippen LogP contribution in [0.5, 0.6) is 0 Å². The van der Waals surface area contributed by atoms with Gasteiger partial charge in [0, 0.05) is 37.7 Å². The Bertz CT molecular complexity index is 935. The molecule has 0 N–H and O–H groups in total. The summed E-state index contributed by atoms with van der Waals surface area (Å²) in [6.45, 7) is 2.02. The average Bonchev–Trinajstić information content (AvgIpc) is 3.45. The standard InChI is InChI=1S/C21H26N4O3/c26-20-11-16-3-1-2-4-17(16)22-25(20)13-14-7-9-24(10-8-14)21(27)18-12-19(28-23-18)15-5-6-15/h11-12,14-15H,1-10,13H2. The molecule has 148 valence electrons. The highest BCUT2D eigenvalue weighted by atomic mass is 16.5. The number of amides is 1. The van der Waals surface area contributed by atoms with Crippen LogP contribution in [0.1, 0.15) is 71.9 Å². The smallest absolute Gasteiger partial charge is 0.276 e. The van der Waals surface area contributed by atoms with Gasteiger partial charge in [-0.3, -0.25) is 9.59 Å². The average molecular weight is 382 g/mol. The molecule has 2 aliphatic carbocycles. The van der Waals surface area contributed by atoms with Crippen LogP contribution in [0, 0.1) is 5.92 Å². The van der Waals surface area contributed by atoms with Gasteiger partial charge in [-0.25, -0.2) is 4.68 Å². The van der Waals surface area contributed by atoms with Crippen LogP contribution in [0.25, 0.3) is 0 Å². The van der Waals surface area contributed by atoms with Crippen molar-refractivity contribution in [1.29, 1.82) is 0 Å². The molecule has 0 aromatic carbocycles. The highest BCUT2D eigenvalue weighted by Gasteiger charge is 2.31. The van der Waals surface area contributed by atoms with Gasteiger partial charge in [0.15, 0.2) is 5.69 Å². The van der Waals surface area contributed by atoms with Gasteiger partial charge in [0.2, 0.25) is 0 Å². The van der Waals surface area contributed by atoms with Crippen molar-refractivity contribution in [2.45, 2.75) is 63.8 Å². The summed E-state index contributed by atoms with van der Waals surface area (Å²) in [7, 11) is 0. The summed E-state index contributed by atoms with van der Waals surface area (Å²) in [5.41, 5.74) is 2.66. The Morgan fingerprint density at radius 3 is 2.68 bits per heavy atom. The largest absolute Gasteiger partial charge is 0.360 e. The first-order valence-corrected chi connectivity index (χ1v) is 10.5. The normalized spacial score (nSPS) is 20.2. The number of aryl methyl sites for hydroxylation is 2. The Balaban J connectivity index is 1.20. The van der Waals surface area contributed by atoms with E-state index >= 15 is 0 Å². The van der Waals surface area contributed by atoms with Crippen LogP contribution in [0.15, 0.2) is 21.5 Å². The van der Waals surface area contributed by atoms with Crippen LogP contribution in [-0.2, 0) is 19.4 Å². The molecular weight excluding hydrogens is 356 g/mol. The zero-order valence-electron chi connectivity index (χ0n) is 16.1. The third-order valence-corrected chi connectivity index (χ3v) is 6.33. The van der Waals surface area contributed by atoms with Gasteiger partial charge in [0.1, 0.15) is 5.76 Å². The Hall–Kier alpha value is -2.44. The lowest BCUT2D eigenvalue weighted by Crippen LogP contribution is -2.40. The van der Waals surface area contributed by atoms with E-state index in [-0.39, 0.29) is 11.5 Å². The van der Waals surface area contributed by atoms with E-state index in [1.807, 2.05) is 11.0 Å². The highest BCUT2D eigenvalue weighted by molar-refractivity contribution is 5.92. The molecule has 5 rings (SSSR count). The molecule has 0 bridgehead atoms. The minimum absolute atomic E-state index is 0.00867. The molecule has 1 saturated carbocycles. The number of nitrogens with zero attached hydrogens (tertiary/aromatic N) is 4. The van der Waals surface area contributed by atoms with Crippen LogP contribution >= 0.6 is 0 Å². The first kappa shape index (κ1) is 17.6. The van der Waals surface area contributed by atoms with Crippen molar-refractivity contribution in [3.8, 4) is 0 Å². The van der Waals surface area contributed by atoms with Crippen molar-refractivity contribution in [1.82, 2.24) is 19.8 Å². The van der Waals surface area contributed by atoms with Crippen molar-refractivity contribution in [3.05, 3.63) is 45.2 Å². The first-order valence-electron chi connectivity index (χ1n) is 10.5. The molecule has 1 aliphatic heterocycles. The summed E-state index contributed by atoms with van der Waals surface area (Å²) in [5, 5.41) is 8.61. The molecule has 0 spiro atoms. The van der Waals surface area contributed by atoms with E-state index in [0.29, 0.717) is 37.2 Å². The lowest BCUT2D eigenvalue weighted by molar-refractivity contribution is 0.0670. The summed E-state index contributed by atoms with van der Waals surface area (Å²) in [5.74, 6) is 1.63. The fourth-order valence-corrected chi connectivity index (χ4v) is 4.41. The molecular formula is C21H26N4O3. The molecule has 2 fully saturated rings. The van der Waals surface area contributed by atoms with Gasteiger partial charge in [-0.15, -0.1) is 0 Å². The maximum atomic E-state index is 12.7. The summed E-state index contributed by atoms with van der Waals surface area (Å²) in [6.07, 6.45) is 8.28. The van der Waals surface area contributed by atoms with Crippen molar-refractivity contribution in [3.63, 3.8) is 0 Å². The predicted molar refractivity (Wildman–Crippen MR) is 102 cm³/mol. The lowest BCUT2D eigenvalue weighted by Gasteiger charge is -2.31. The molecule has 7 heteroatoms. The molecule has 0 radical (unpaired) electrons. The zero-order valence-corrected chi connectivity index (χ0v) is 16.1. The first-order chi connectivity index (χ1) is 13.7. The molecule has 7 nitrogen and oxygen atoms in total. The second-order valence-corrected chi connectivity index (χ2v) is 8.47. The van der Waals surface area contributed by atoms with Crippen LogP contribution in [0.2, 0.25) is 0 Å². The predicted octanol–water partition coefficient (Wildman–Crippen LogP) is 2.54. The molecule has 0 atom stereocenters. The number of fused-ring (bicyclic) bond motifs is 1. The van der Waals surface area contributed by atoms with Gasteiger partial charge in [-0.2, -0.15) is 5.10 Å². The quantitative estimate of drug-likeness (QED) is 0.812. The van der Waals surface area contributed by atoms with Crippen LogP contribution < -0.4 is 5.56 Å². The molecule has 28 heavy (non-hydrogen) atoms. The molecule has 3 aliphatic rings. The highest BCUT2D eigenvalue weighted by Crippen LogP contribution is 2.40. The lowest BCUT2D eigenvalue weighted by atomic mass is 9.95. The van der Waals surface area contributed by atoms with Crippen LogP contribution in [-0.4, -0.2) is 38.8 Å². The summed E-state index contributed by atoms with van der Waals surface area (Å²) < 4.78 is 6.96. The van der Waals surface area contributed by atoms with Crippen LogP contribution in [0.3, 0.4) is 0 Å². The number of likely N-dealkylation sites (tertiary alicyclic amines) is 1. The second-order valence-electron chi connectivity index (χ2n) is 8.47. The third-order valence-electron chi connectivity index (χ3n) is 6.33. The number of rotatable bonds is 4. The van der Waals surface area contributed by atoms with Crippen molar-refractivity contribution in [2.75, 3.05) is 13.1 Å². The third kappa shape index (κ3) is 3.50. The molecule has 1 saturated heterocycles. The van der Waals surface area contributed by atoms with Gasteiger partial charge >= 0.3 is 0 Å². The van der Waals surface area contributed by atoms with Gasteiger partial charge < -0.3 is 9.42 Å². The molecule has 0 unspecified atom stereocenters. The summed E-state index contributed by atoms with van der Waals surface area (Å²) in [6, 6.07) is 3.59. The van der Waals surface area contributed by atoms with Gasteiger partial charge in [0.25, 0.3) is 11.5 Å². The number of hydrogen-bond acceptors (Lipinski definition) is 5. The molecule has 3 heterocycles. The Kier molecular flexibility index (Phi) is 4.53. The van der Waals surface area contributed by atoms with E-state index in [1.54, 1.807) is 10.7 Å². The van der Waals surface area contributed by atoms with E-state index in [2.05, 4.69) is 10.3 Å². The van der Waals surface area contributed by atoms with Crippen molar-refractivity contribution >= 4 is 5.91 Å². The SMILES string of the molecule is O=C(c1cc(C2CC2)on1)N1CCC(Cn2nc3c(cc2=O)CCCC3)CC1. The number of carbonyl (C=O) groups is 1. The Labute approximate surface area is 163 Å². The molecule has 2 aromatic heterocycles. The Morgan fingerprint density at radius 1 is 1.11 bits per heavy atom. The Morgan fingerprint density at radius 2 is 1.89 bits per heavy atom. The summed E-state index contributed by atoms with van der Waals surface area (Å²) in [4.78, 5) is 26.9. The van der Waals surface area contributed by atoms with E-state index in [9.17, 15) is 9.59 Å². The number of piperidine rings is 1. The van der Waals surface area contributed by atoms with Gasteiger partial charge in [0.05, 0.1) is 5.69 Å². The second kappa shape index (κ2) is 7.18. The number of carbonyl (C=O) groups excluding carboxylic acids is 1. The maximum absolute atomic E-state index is 12.7. The molecule has 2 aromatic rings. The topological polar surface area (TPSA) is 81.2 Å². The van der Waals surface area contributed by atoms with E-state index in [4.69, 9.17) is 4.52 Å². The monoisotopic (exact) mass is 382 g/mol. The van der Waals surface area contributed by atoms with Crippen molar-refractivity contribution < 1.29 is 9.32 Å². The van der Waals surface area contributed by atoms with Crippen molar-refractivity contribution in [2.24, 2.45) is 5.92 Å². The van der Waals surface area contributed by atoms with E-state index in [1.165, 1.54) is 0 Å². The van der Waals surface area contributed by atoms with Crippen LogP contribution in [0.4, 0.5) is 0 Å². The molecule has 1 amide bonds. The minimum Gasteiger partial charge on any atom is -0.360 e. The van der Waals surface area contributed by atoms with E-state index < -0.39 is 0 Å². The minimum atomic E-state index is -0.0434. The fraction of sp³-hybridized carbons (Fsp3) is 0.619. The number of hydrogen-bond donors (Lipinski definition) is 0. The van der Waals surface area contributed by atoms with E-state index in [0.717, 1.165) is 68.4 Å². The maximum Gasteiger partial charge on any atom is 0.276 e. The summed E-state index contributed by atoms with van der Waals surface area (Å²) >= 11 is 0.